The van der Waals surface area contributed by atoms with E-state index in [2.05, 4.69) is 87.5 Å². The Balaban J connectivity index is 0. The van der Waals surface area contributed by atoms with Gasteiger partial charge in [0.25, 0.3) is 0 Å². The van der Waals surface area contributed by atoms with Gasteiger partial charge < -0.3 is 0 Å². The van der Waals surface area contributed by atoms with Crippen molar-refractivity contribution in [2.45, 2.75) is 114 Å². The highest BCUT2D eigenvalue weighted by Gasteiger charge is 1.96. The molecule has 0 radical (unpaired) electrons. The molecule has 0 fully saturated rings. The first-order valence-electron chi connectivity index (χ1n) is 11.0. The van der Waals surface area contributed by atoms with Crippen molar-refractivity contribution in [3.63, 3.8) is 0 Å². The number of hydrogen-bond donors (Lipinski definition) is 0. The lowest BCUT2D eigenvalue weighted by atomic mass is 10.0. The maximum absolute atomic E-state index is 2.41. The molecule has 0 rings (SSSR count). The van der Waals surface area contributed by atoms with Gasteiger partial charge in [0.15, 0.2) is 0 Å². The van der Waals surface area contributed by atoms with Gasteiger partial charge in [-0.25, -0.2) is 0 Å². The van der Waals surface area contributed by atoms with E-state index in [0.717, 1.165) is 17.8 Å². The lowest BCUT2D eigenvalue weighted by Gasteiger charge is -2.05. The molecule has 0 aromatic carbocycles. The van der Waals surface area contributed by atoms with Crippen LogP contribution in [-0.4, -0.2) is 0 Å². The first kappa shape index (κ1) is 27.4. The summed E-state index contributed by atoms with van der Waals surface area (Å²) in [7, 11) is 0. The van der Waals surface area contributed by atoms with Gasteiger partial charge in [0.1, 0.15) is 0 Å². The fraction of sp³-hybridized carbons (Fsp3) is 0.769. The van der Waals surface area contributed by atoms with Crippen molar-refractivity contribution in [1.29, 1.82) is 0 Å². The Kier molecular flexibility index (Phi) is 18.6. The molecule has 0 aromatic rings. The van der Waals surface area contributed by atoms with Crippen LogP contribution in [0.15, 0.2) is 34.9 Å². The zero-order valence-corrected chi connectivity index (χ0v) is 19.9. The van der Waals surface area contributed by atoms with E-state index >= 15 is 0 Å². The largest absolute Gasteiger partial charge is 0.0856 e. The third kappa shape index (κ3) is 25.5. The third-order valence-electron chi connectivity index (χ3n) is 4.32. The van der Waals surface area contributed by atoms with E-state index in [1.54, 1.807) is 5.57 Å². The molecule has 0 N–H and O–H groups in total. The monoisotopic (exact) mass is 362 g/mol. The first-order valence-corrected chi connectivity index (χ1v) is 11.0. The Bertz CT molecular complexity index is 398. The van der Waals surface area contributed by atoms with Crippen molar-refractivity contribution < 1.29 is 0 Å². The van der Waals surface area contributed by atoms with E-state index in [0.29, 0.717) is 0 Å². The highest BCUT2D eigenvalue weighted by Crippen LogP contribution is 2.13. The van der Waals surface area contributed by atoms with Crippen molar-refractivity contribution in [3.05, 3.63) is 34.9 Å². The molecule has 0 aliphatic carbocycles. The van der Waals surface area contributed by atoms with Crippen LogP contribution in [0.1, 0.15) is 114 Å². The van der Waals surface area contributed by atoms with Gasteiger partial charge in [-0.3, -0.25) is 0 Å². The van der Waals surface area contributed by atoms with Crippen molar-refractivity contribution in [2.75, 3.05) is 0 Å². The summed E-state index contributed by atoms with van der Waals surface area (Å²) in [6, 6.07) is 0. The average molecular weight is 363 g/mol. The molecule has 0 aromatic heterocycles. The molecular weight excluding hydrogens is 312 g/mol. The zero-order valence-electron chi connectivity index (χ0n) is 19.9. The summed E-state index contributed by atoms with van der Waals surface area (Å²) in [5.74, 6) is 2.45. The highest BCUT2D eigenvalue weighted by atomic mass is 14.0. The Morgan fingerprint density at radius 2 is 1.08 bits per heavy atom. The van der Waals surface area contributed by atoms with Crippen LogP contribution in [0.3, 0.4) is 0 Å². The fourth-order valence-electron chi connectivity index (χ4n) is 2.46. The van der Waals surface area contributed by atoms with Crippen molar-refractivity contribution >= 4 is 0 Å². The van der Waals surface area contributed by atoms with Crippen LogP contribution < -0.4 is 0 Å². The van der Waals surface area contributed by atoms with Crippen LogP contribution in [-0.2, 0) is 0 Å². The highest BCUT2D eigenvalue weighted by molar-refractivity contribution is 5.02. The summed E-state index contributed by atoms with van der Waals surface area (Å²) >= 11 is 0. The van der Waals surface area contributed by atoms with Gasteiger partial charge in [0, 0.05) is 0 Å². The lowest BCUT2D eigenvalue weighted by Crippen LogP contribution is -1.89. The summed E-state index contributed by atoms with van der Waals surface area (Å²) < 4.78 is 0. The molecule has 0 saturated carbocycles. The van der Waals surface area contributed by atoms with Crippen LogP contribution in [0.5, 0.6) is 0 Å². The van der Waals surface area contributed by atoms with Gasteiger partial charge in [-0.1, -0.05) is 82.9 Å². The van der Waals surface area contributed by atoms with E-state index in [-0.39, 0.29) is 0 Å². The van der Waals surface area contributed by atoms with Gasteiger partial charge in [-0.2, -0.15) is 0 Å². The number of hydrogen-bond acceptors (Lipinski definition) is 0. The molecule has 0 bridgehead atoms. The average Bonchev–Trinajstić information content (AvgIpc) is 2.51. The fourth-order valence-corrected chi connectivity index (χ4v) is 2.46. The second-order valence-electron chi connectivity index (χ2n) is 9.47. The molecule has 0 saturated heterocycles. The Labute approximate surface area is 167 Å². The van der Waals surface area contributed by atoms with E-state index in [4.69, 9.17) is 0 Å². The van der Waals surface area contributed by atoms with Crippen LogP contribution in [0.4, 0.5) is 0 Å². The Morgan fingerprint density at radius 3 is 1.46 bits per heavy atom. The van der Waals surface area contributed by atoms with Crippen LogP contribution in [0, 0.1) is 17.8 Å². The third-order valence-corrected chi connectivity index (χ3v) is 4.32. The molecule has 0 unspecified atom stereocenters. The number of rotatable bonds is 11. The van der Waals surface area contributed by atoms with E-state index < -0.39 is 0 Å². The van der Waals surface area contributed by atoms with Crippen molar-refractivity contribution in [3.8, 4) is 0 Å². The van der Waals surface area contributed by atoms with E-state index in [1.165, 1.54) is 56.1 Å². The van der Waals surface area contributed by atoms with Crippen LogP contribution in [0.25, 0.3) is 0 Å². The maximum Gasteiger partial charge on any atom is -0.0288 e. The molecular formula is C26H50. The van der Waals surface area contributed by atoms with E-state index in [9.17, 15) is 0 Å². The summed E-state index contributed by atoms with van der Waals surface area (Å²) in [6.07, 6.45) is 16.0. The topological polar surface area (TPSA) is 0 Å². The van der Waals surface area contributed by atoms with Gasteiger partial charge in [0.2, 0.25) is 0 Å². The van der Waals surface area contributed by atoms with Crippen molar-refractivity contribution in [1.82, 2.24) is 0 Å². The Morgan fingerprint density at radius 1 is 0.615 bits per heavy atom. The molecule has 0 nitrogen and oxygen atoms in total. The SMILES string of the molecule is C/C(=C\CC(C)C)CCCC(C)C.CC(C)=CCC/C(C)=C/CC(C)C. The summed E-state index contributed by atoms with van der Waals surface area (Å²) in [5, 5.41) is 0. The molecule has 26 heavy (non-hydrogen) atoms. The van der Waals surface area contributed by atoms with Crippen molar-refractivity contribution in [2.24, 2.45) is 17.8 Å². The molecule has 0 heterocycles. The van der Waals surface area contributed by atoms with Gasteiger partial charge in [-0.05, 0) is 84.0 Å². The Hall–Kier alpha value is -0.780. The molecule has 154 valence electrons. The predicted octanol–water partition coefficient (Wildman–Crippen LogP) is 9.53. The zero-order chi connectivity index (χ0) is 20.5. The maximum atomic E-state index is 2.41. The minimum Gasteiger partial charge on any atom is -0.0856 e. The molecule has 0 spiro atoms. The lowest BCUT2D eigenvalue weighted by molar-refractivity contribution is 0.553. The summed E-state index contributed by atoms with van der Waals surface area (Å²) in [4.78, 5) is 0. The molecule has 0 atom stereocenters. The normalized spacial score (nSPS) is 12.5. The van der Waals surface area contributed by atoms with Crippen LogP contribution >= 0.6 is 0 Å². The first-order chi connectivity index (χ1) is 12.0. The smallest absolute Gasteiger partial charge is 0.0288 e. The second-order valence-corrected chi connectivity index (χ2v) is 9.47. The van der Waals surface area contributed by atoms with Gasteiger partial charge in [0.05, 0.1) is 0 Å². The molecule has 0 aliphatic heterocycles. The van der Waals surface area contributed by atoms with Crippen LogP contribution in [0.2, 0.25) is 0 Å². The predicted molar refractivity (Wildman–Crippen MR) is 124 cm³/mol. The second kappa shape index (κ2) is 17.6. The minimum absolute atomic E-state index is 0.790. The molecule has 0 amide bonds. The van der Waals surface area contributed by atoms with Gasteiger partial charge >= 0.3 is 0 Å². The molecule has 0 heteroatoms. The minimum atomic E-state index is 0.790. The summed E-state index contributed by atoms with van der Waals surface area (Å²) in [5.41, 5.74) is 4.54. The van der Waals surface area contributed by atoms with E-state index in [1.807, 2.05) is 0 Å². The quantitative estimate of drug-likeness (QED) is 0.321. The van der Waals surface area contributed by atoms with Gasteiger partial charge in [-0.15, -0.1) is 0 Å². The molecule has 0 aliphatic rings. The summed E-state index contributed by atoms with van der Waals surface area (Å²) in [6.45, 7) is 22.5. The number of allylic oxidation sites excluding steroid dienone is 6. The standard InChI is InChI=1S/C13H26.C13H24/c2*1-11(2)7-6-8-13(5)10-9-12(3)4/h10-12H,6-9H2,1-5H3;7,10,12H,6,8-9H2,1-5H3/b2*13-10+.